The summed E-state index contributed by atoms with van der Waals surface area (Å²) in [4.78, 5) is 13.4. The molecule has 0 N–H and O–H groups in total. The van der Waals surface area contributed by atoms with Gasteiger partial charge in [0, 0.05) is 41.7 Å². The average molecular weight is 352 g/mol. The third kappa shape index (κ3) is 2.71. The van der Waals surface area contributed by atoms with E-state index in [1.807, 2.05) is 18.2 Å². The first kappa shape index (κ1) is 16.6. The van der Waals surface area contributed by atoms with Crippen molar-refractivity contribution >= 4 is 16.8 Å². The van der Waals surface area contributed by atoms with Gasteiger partial charge in [0.05, 0.1) is 16.7 Å². The molecular formula is C20H18F2N4. The molecule has 132 valence electrons. The van der Waals surface area contributed by atoms with Crippen LogP contribution in [0.4, 0.5) is 8.78 Å². The summed E-state index contributed by atoms with van der Waals surface area (Å²) in [5.74, 6) is -0.535. The van der Waals surface area contributed by atoms with Crippen LogP contribution in [0.15, 0.2) is 42.7 Å². The van der Waals surface area contributed by atoms with Crippen molar-refractivity contribution < 1.29 is 8.78 Å². The van der Waals surface area contributed by atoms with Crippen LogP contribution in [0.5, 0.6) is 0 Å². The zero-order valence-electron chi connectivity index (χ0n) is 14.7. The lowest BCUT2D eigenvalue weighted by Gasteiger charge is -2.14. The minimum atomic E-state index is -0.916. The van der Waals surface area contributed by atoms with E-state index < -0.39 is 11.6 Å². The highest BCUT2D eigenvalue weighted by Crippen LogP contribution is 2.25. The molecule has 0 saturated carbocycles. The molecule has 0 amide bonds. The molecule has 6 heteroatoms. The topological polar surface area (TPSA) is 43.1 Å². The summed E-state index contributed by atoms with van der Waals surface area (Å²) in [6.45, 7) is 6.50. The summed E-state index contributed by atoms with van der Waals surface area (Å²) >= 11 is 0. The van der Waals surface area contributed by atoms with Crippen LogP contribution in [0.2, 0.25) is 0 Å². The van der Waals surface area contributed by atoms with Crippen molar-refractivity contribution in [2.45, 2.75) is 26.7 Å². The highest BCUT2D eigenvalue weighted by molar-refractivity contribution is 5.80. The number of aromatic nitrogens is 4. The number of hydrogen-bond acceptors (Lipinski definition) is 3. The Kier molecular flexibility index (Phi) is 3.90. The maximum absolute atomic E-state index is 13.5. The van der Waals surface area contributed by atoms with E-state index in [1.165, 1.54) is 0 Å². The van der Waals surface area contributed by atoms with E-state index >= 15 is 0 Å². The van der Waals surface area contributed by atoms with Crippen LogP contribution in [0.25, 0.3) is 28.1 Å². The van der Waals surface area contributed by atoms with Crippen molar-refractivity contribution in [3.63, 3.8) is 0 Å². The molecule has 3 aromatic heterocycles. The first-order chi connectivity index (χ1) is 12.4. The second-order valence-electron chi connectivity index (χ2n) is 6.85. The summed E-state index contributed by atoms with van der Waals surface area (Å²) < 4.78 is 28.6. The zero-order chi connectivity index (χ0) is 18.4. The number of imidazole rings is 1. The highest BCUT2D eigenvalue weighted by Gasteiger charge is 2.13. The second kappa shape index (κ2) is 6.12. The van der Waals surface area contributed by atoms with Crippen LogP contribution in [-0.4, -0.2) is 19.4 Å². The Morgan fingerprint density at radius 2 is 1.73 bits per heavy atom. The predicted octanol–water partition coefficient (Wildman–Crippen LogP) is 4.98. The van der Waals surface area contributed by atoms with Gasteiger partial charge in [0.1, 0.15) is 0 Å². The first-order valence-electron chi connectivity index (χ1n) is 8.54. The Morgan fingerprint density at radius 3 is 2.42 bits per heavy atom. The van der Waals surface area contributed by atoms with Gasteiger partial charge in [-0.25, -0.2) is 18.7 Å². The molecule has 1 aromatic carbocycles. The van der Waals surface area contributed by atoms with Crippen molar-refractivity contribution in [1.82, 2.24) is 19.4 Å². The number of halogens is 2. The summed E-state index contributed by atoms with van der Waals surface area (Å²) in [6.07, 6.45) is 3.56. The van der Waals surface area contributed by atoms with Gasteiger partial charge in [0.15, 0.2) is 11.6 Å². The lowest BCUT2D eigenvalue weighted by atomic mass is 9.94. The number of benzene rings is 1. The predicted molar refractivity (Wildman–Crippen MR) is 96.9 cm³/mol. The maximum atomic E-state index is 13.5. The van der Waals surface area contributed by atoms with Gasteiger partial charge in [-0.2, -0.15) is 0 Å². The van der Waals surface area contributed by atoms with E-state index in [1.54, 1.807) is 16.8 Å². The van der Waals surface area contributed by atoms with Crippen LogP contribution in [0, 0.1) is 17.6 Å². The fourth-order valence-electron chi connectivity index (χ4n) is 2.92. The van der Waals surface area contributed by atoms with Gasteiger partial charge in [-0.3, -0.25) is 9.38 Å². The van der Waals surface area contributed by atoms with E-state index in [0.717, 1.165) is 23.4 Å². The Hall–Kier alpha value is -2.89. The molecule has 0 saturated heterocycles. The summed E-state index contributed by atoms with van der Waals surface area (Å²) in [6, 6.07) is 8.04. The van der Waals surface area contributed by atoms with Crippen LogP contribution >= 0.6 is 0 Å². The summed E-state index contributed by atoms with van der Waals surface area (Å²) in [7, 11) is 0. The molecule has 0 aliphatic carbocycles. The van der Waals surface area contributed by atoms with E-state index in [4.69, 9.17) is 0 Å². The molecule has 0 aliphatic rings. The molecule has 26 heavy (non-hydrogen) atoms. The number of hydrogen-bond donors (Lipinski definition) is 0. The maximum Gasteiger partial charge on any atom is 0.235 e. The van der Waals surface area contributed by atoms with E-state index in [-0.39, 0.29) is 0 Å². The molecule has 4 aromatic rings. The molecule has 0 bridgehead atoms. The van der Waals surface area contributed by atoms with Gasteiger partial charge in [-0.1, -0.05) is 20.8 Å². The molecule has 3 heterocycles. The smallest absolute Gasteiger partial charge is 0.235 e. The van der Waals surface area contributed by atoms with Gasteiger partial charge >= 0.3 is 0 Å². The Labute approximate surface area is 149 Å². The minimum absolute atomic E-state index is 0.368. The molecule has 0 spiro atoms. The molecule has 4 nitrogen and oxygen atoms in total. The van der Waals surface area contributed by atoms with Crippen molar-refractivity contribution in [1.29, 1.82) is 0 Å². The minimum Gasteiger partial charge on any atom is -0.284 e. The first-order valence-corrected chi connectivity index (χ1v) is 8.54. The Balaban J connectivity index is 1.76. The van der Waals surface area contributed by atoms with Crippen molar-refractivity contribution in [2.75, 3.05) is 0 Å². The molecule has 0 fully saturated rings. The fourth-order valence-corrected chi connectivity index (χ4v) is 2.92. The van der Waals surface area contributed by atoms with Gasteiger partial charge in [-0.05, 0) is 24.1 Å². The third-order valence-electron chi connectivity index (χ3n) is 4.86. The quantitative estimate of drug-likeness (QED) is 0.522. The highest BCUT2D eigenvalue weighted by atomic mass is 19.2. The van der Waals surface area contributed by atoms with Crippen molar-refractivity contribution in [2.24, 2.45) is 5.92 Å². The van der Waals surface area contributed by atoms with Gasteiger partial charge < -0.3 is 0 Å². The zero-order valence-corrected chi connectivity index (χ0v) is 14.7. The standard InChI is InChI=1S/C20H18F2N4/c1-11(2)12(3)16-5-4-13(10-23-16)17-6-7-26-19-9-15(22)14(21)8-18(19)25-20(26)24-17/h4-12H,1-3H3. The van der Waals surface area contributed by atoms with E-state index in [0.29, 0.717) is 34.3 Å². The van der Waals surface area contributed by atoms with E-state index in [2.05, 4.69) is 35.7 Å². The summed E-state index contributed by atoms with van der Waals surface area (Å²) in [5, 5.41) is 0. The number of nitrogens with zero attached hydrogens (tertiary/aromatic N) is 4. The van der Waals surface area contributed by atoms with E-state index in [9.17, 15) is 8.78 Å². The normalized spacial score (nSPS) is 13.0. The Morgan fingerprint density at radius 1 is 0.962 bits per heavy atom. The number of pyridine rings is 1. The SMILES string of the molecule is CC(C)C(C)c1ccc(-c2ccn3c(n2)nc2cc(F)c(F)cc23)cn1. The number of rotatable bonds is 3. The number of fused-ring (bicyclic) bond motifs is 3. The second-order valence-corrected chi connectivity index (χ2v) is 6.85. The van der Waals surface area contributed by atoms with Crippen LogP contribution < -0.4 is 0 Å². The van der Waals surface area contributed by atoms with Gasteiger partial charge in [0.2, 0.25) is 5.78 Å². The molecule has 1 atom stereocenters. The van der Waals surface area contributed by atoms with Crippen LogP contribution in [-0.2, 0) is 0 Å². The molecular weight excluding hydrogens is 334 g/mol. The van der Waals surface area contributed by atoms with Gasteiger partial charge in [0.25, 0.3) is 0 Å². The lowest BCUT2D eigenvalue weighted by molar-refractivity contribution is 0.510. The molecule has 0 aliphatic heterocycles. The Bertz CT molecular complexity index is 1100. The van der Waals surface area contributed by atoms with Crippen LogP contribution in [0.1, 0.15) is 32.4 Å². The van der Waals surface area contributed by atoms with Crippen molar-refractivity contribution in [3.05, 3.63) is 60.1 Å². The molecule has 0 radical (unpaired) electrons. The lowest BCUT2D eigenvalue weighted by Crippen LogP contribution is -2.04. The summed E-state index contributed by atoms with van der Waals surface area (Å²) in [5.41, 5.74) is 3.48. The largest absolute Gasteiger partial charge is 0.284 e. The molecule has 1 unspecified atom stereocenters. The average Bonchev–Trinajstić information content (AvgIpc) is 2.98. The third-order valence-corrected chi connectivity index (χ3v) is 4.86. The van der Waals surface area contributed by atoms with Gasteiger partial charge in [-0.15, -0.1) is 0 Å². The monoisotopic (exact) mass is 352 g/mol. The molecule has 4 rings (SSSR count). The fraction of sp³-hybridized carbons (Fsp3) is 0.250. The van der Waals surface area contributed by atoms with Crippen molar-refractivity contribution in [3.8, 4) is 11.3 Å². The van der Waals surface area contributed by atoms with Crippen LogP contribution in [0.3, 0.4) is 0 Å².